The number of rotatable bonds is 15. The number of anilines is 1. The molecule has 0 spiro atoms. The maximum Gasteiger partial charge on any atom is 0.333 e. The highest BCUT2D eigenvalue weighted by molar-refractivity contribution is 7.86. The zero-order valence-corrected chi connectivity index (χ0v) is 34.9. The van der Waals surface area contributed by atoms with Crippen LogP contribution in [-0.2, 0) is 44.9 Å². The summed E-state index contributed by atoms with van der Waals surface area (Å²) in [5.41, 5.74) is 4.17. The van der Waals surface area contributed by atoms with Crippen molar-refractivity contribution in [2.75, 3.05) is 30.3 Å². The molecule has 312 valence electrons. The third kappa shape index (κ3) is 9.41. The zero-order chi connectivity index (χ0) is 42.7. The van der Waals surface area contributed by atoms with Crippen LogP contribution in [0.15, 0.2) is 93.9 Å². The van der Waals surface area contributed by atoms with Crippen LogP contribution >= 0.6 is 0 Å². The molecule has 16 heteroatoms. The Morgan fingerprint density at radius 1 is 0.949 bits per heavy atom. The number of imide groups is 1. The van der Waals surface area contributed by atoms with Gasteiger partial charge in [0.25, 0.3) is 11.8 Å². The first kappa shape index (κ1) is 43.2. The molecule has 4 aliphatic rings. The summed E-state index contributed by atoms with van der Waals surface area (Å²) in [6.07, 6.45) is 5.26. The fourth-order valence-electron chi connectivity index (χ4n) is 7.95. The first-order chi connectivity index (χ1) is 27.9. The number of allylic oxidation sites excluding steroid dienone is 3. The van der Waals surface area contributed by atoms with E-state index in [1.807, 2.05) is 50.2 Å². The van der Waals surface area contributed by atoms with Crippen molar-refractivity contribution in [3.63, 3.8) is 0 Å². The van der Waals surface area contributed by atoms with Gasteiger partial charge in [-0.05, 0) is 100 Å². The lowest BCUT2D eigenvalue weighted by molar-refractivity contribution is -0.197. The van der Waals surface area contributed by atoms with Gasteiger partial charge in [-0.3, -0.25) is 9.59 Å². The number of nitrogens with zero attached hydrogens (tertiary/aromatic N) is 3. The van der Waals surface area contributed by atoms with Crippen LogP contribution in [0.1, 0.15) is 76.2 Å². The van der Waals surface area contributed by atoms with Crippen LogP contribution in [-0.4, -0.2) is 74.2 Å². The monoisotopic (exact) mass is 844 g/mol. The lowest BCUT2D eigenvalue weighted by Gasteiger charge is -2.30. The van der Waals surface area contributed by atoms with Crippen molar-refractivity contribution in [3.8, 4) is 22.5 Å². The molecule has 1 saturated heterocycles. The highest BCUT2D eigenvalue weighted by Gasteiger charge is 2.43. The van der Waals surface area contributed by atoms with Crippen LogP contribution in [0, 0.1) is 6.92 Å². The van der Waals surface area contributed by atoms with E-state index in [1.54, 1.807) is 23.1 Å². The predicted molar refractivity (Wildman–Crippen MR) is 218 cm³/mol. The van der Waals surface area contributed by atoms with Crippen molar-refractivity contribution in [2.24, 2.45) is 0 Å². The second-order valence-electron chi connectivity index (χ2n) is 14.7. The number of hydrogen-bond acceptors (Lipinski definition) is 12. The molecule has 2 aromatic carbocycles. The molecular formula is C43H46N3O11S2-. The van der Waals surface area contributed by atoms with Crippen molar-refractivity contribution < 1.29 is 49.6 Å². The van der Waals surface area contributed by atoms with Gasteiger partial charge in [-0.25, -0.2) is 26.2 Å². The Hall–Kier alpha value is -5.42. The van der Waals surface area contributed by atoms with Crippen LogP contribution in [0.2, 0.25) is 0 Å². The topological polar surface area (TPSA) is 197 Å². The molecule has 14 nitrogen and oxygen atoms in total. The van der Waals surface area contributed by atoms with Gasteiger partial charge in [-0.1, -0.05) is 36.4 Å². The first-order valence-corrected chi connectivity index (χ1v) is 22.4. The third-order valence-electron chi connectivity index (χ3n) is 10.9. The largest absolute Gasteiger partial charge is 0.748 e. The molecule has 1 fully saturated rings. The number of hydroxylamine groups is 2. The summed E-state index contributed by atoms with van der Waals surface area (Å²) >= 11 is 0. The Balaban J connectivity index is 1.45. The molecule has 2 amide bonds. The Morgan fingerprint density at radius 3 is 2.29 bits per heavy atom. The second-order valence-corrected chi connectivity index (χ2v) is 17.6. The van der Waals surface area contributed by atoms with Crippen LogP contribution in [0.5, 0.6) is 0 Å². The summed E-state index contributed by atoms with van der Waals surface area (Å²) in [5, 5.41) is 1.47. The number of benzene rings is 3. The normalized spacial score (nSPS) is 17.8. The quantitative estimate of drug-likeness (QED) is 0.0833. The predicted octanol–water partition coefficient (Wildman–Crippen LogP) is 5.46. The minimum absolute atomic E-state index is 0.0418. The van der Waals surface area contributed by atoms with Gasteiger partial charge >= 0.3 is 5.97 Å². The maximum atomic E-state index is 12.8. The van der Waals surface area contributed by atoms with Gasteiger partial charge in [0, 0.05) is 65.6 Å². The fraction of sp³-hybridized carbons (Fsp3) is 0.349. The van der Waals surface area contributed by atoms with E-state index in [2.05, 4.69) is 30.6 Å². The summed E-state index contributed by atoms with van der Waals surface area (Å²) in [4.78, 5) is 43.3. The van der Waals surface area contributed by atoms with E-state index in [9.17, 15) is 40.3 Å². The maximum absolute atomic E-state index is 12.8. The van der Waals surface area contributed by atoms with Crippen molar-refractivity contribution in [3.05, 3.63) is 107 Å². The van der Waals surface area contributed by atoms with Crippen molar-refractivity contribution in [1.82, 2.24) is 9.64 Å². The van der Waals surface area contributed by atoms with Gasteiger partial charge in [-0.15, -0.1) is 5.06 Å². The van der Waals surface area contributed by atoms with E-state index < -0.39 is 54.1 Å². The fourth-order valence-corrected chi connectivity index (χ4v) is 8.93. The standard InChI is InChI=1S/C43H47N3O11S2/c1-5-44(6-2)31-18-20-33-37(27-31)56-36(29(3)42(33)30-13-8-7-9-14-30)15-10-16-38-43(4,24-11-17-41(49)57-46-39(47)22-23-40(46)48)34-28-32(59(53,54)55)19-21-35(34)45(38)25-12-26-58(50,51)52/h7-10,13-16,18-21,27-28H,5-6,11-12,17,22-26H2,1-4H3,(H-,50,51,52,53,54,55)/p-1. The molecular weight excluding hydrogens is 799 g/mol. The van der Waals surface area contributed by atoms with Gasteiger partial charge in [0.1, 0.15) is 34.7 Å². The molecule has 0 aromatic heterocycles. The molecule has 1 atom stereocenters. The van der Waals surface area contributed by atoms with Crippen molar-refractivity contribution in [1.29, 1.82) is 0 Å². The smallest absolute Gasteiger partial charge is 0.333 e. The molecule has 6 rings (SSSR count). The molecule has 0 saturated carbocycles. The number of carbonyl (C=O) groups excluding carboxylic acids is 3. The summed E-state index contributed by atoms with van der Waals surface area (Å²) in [5.74, 6) is -1.49. The van der Waals surface area contributed by atoms with E-state index in [0.717, 1.165) is 40.7 Å². The molecule has 59 heavy (non-hydrogen) atoms. The molecule has 3 aliphatic heterocycles. The van der Waals surface area contributed by atoms with Crippen molar-refractivity contribution >= 4 is 49.8 Å². The van der Waals surface area contributed by atoms with Gasteiger partial charge < -0.3 is 23.3 Å². The van der Waals surface area contributed by atoms with E-state index in [-0.39, 0.29) is 45.1 Å². The summed E-state index contributed by atoms with van der Waals surface area (Å²) in [6, 6.07) is 20.0. The molecule has 1 unspecified atom stereocenters. The molecule has 0 radical (unpaired) electrons. The highest BCUT2D eigenvalue weighted by Crippen LogP contribution is 2.51. The number of fused-ring (bicyclic) bond motifs is 2. The lowest BCUT2D eigenvalue weighted by Crippen LogP contribution is -2.32. The third-order valence-corrected chi connectivity index (χ3v) is 12.5. The molecule has 2 aromatic rings. The molecule has 3 heterocycles. The summed E-state index contributed by atoms with van der Waals surface area (Å²) < 4.78 is 80.6. The number of amides is 2. The minimum Gasteiger partial charge on any atom is -0.748 e. The highest BCUT2D eigenvalue weighted by atomic mass is 32.2. The summed E-state index contributed by atoms with van der Waals surface area (Å²) in [7, 11) is -9.47. The average molecular weight is 845 g/mol. The van der Waals surface area contributed by atoms with Gasteiger partial charge in [-0.2, -0.15) is 0 Å². The van der Waals surface area contributed by atoms with Crippen LogP contribution in [0.4, 0.5) is 5.69 Å². The number of hydrogen-bond donors (Lipinski definition) is 0. The molecule has 1 aliphatic carbocycles. The first-order valence-electron chi connectivity index (χ1n) is 19.4. The Morgan fingerprint density at radius 2 is 1.64 bits per heavy atom. The SMILES string of the molecule is CC[N+](CC)=c1ccc2c(-c3ccccc3)c(C)c(/C=C/C=C3\N(CCCS(=O)(=O)[O-])c4ccc(S(=O)(=O)[O-])cc4C3(C)CCCC(=O)ON3C(=O)CCC3=O)oc-2c1. The van der Waals surface area contributed by atoms with E-state index in [1.165, 1.54) is 18.2 Å². The minimum atomic E-state index is -4.90. The van der Waals surface area contributed by atoms with Crippen LogP contribution in [0.25, 0.3) is 28.5 Å². The Kier molecular flexibility index (Phi) is 12.8. The summed E-state index contributed by atoms with van der Waals surface area (Å²) in [6.45, 7) is 9.59. The van der Waals surface area contributed by atoms with Crippen LogP contribution in [0.3, 0.4) is 0 Å². The Labute approximate surface area is 343 Å². The number of carbonyl (C=O) groups is 3. The average Bonchev–Trinajstić information content (AvgIpc) is 3.62. The van der Waals surface area contributed by atoms with Gasteiger partial charge in [0.15, 0.2) is 0 Å². The second kappa shape index (κ2) is 17.4. The van der Waals surface area contributed by atoms with E-state index in [0.29, 0.717) is 33.5 Å². The van der Waals surface area contributed by atoms with Crippen LogP contribution < -0.4 is 14.8 Å². The molecule has 0 bridgehead atoms. The zero-order valence-electron chi connectivity index (χ0n) is 33.3. The van der Waals surface area contributed by atoms with E-state index in [4.69, 9.17) is 9.25 Å². The van der Waals surface area contributed by atoms with E-state index >= 15 is 0 Å². The van der Waals surface area contributed by atoms with Gasteiger partial charge in [0.2, 0.25) is 5.36 Å². The Bertz CT molecular complexity index is 2590. The molecule has 0 N–H and O–H groups in total. The lowest BCUT2D eigenvalue weighted by atomic mass is 9.77. The van der Waals surface area contributed by atoms with Crippen molar-refractivity contribution in [2.45, 2.75) is 76.5 Å². The van der Waals surface area contributed by atoms with Gasteiger partial charge in [0.05, 0.1) is 21.1 Å².